The SMILES string of the molecule is Cc1ccc(C(N)c2ccc(Cl)cc2Cl)cc1Br. The van der Waals surface area contributed by atoms with E-state index in [4.69, 9.17) is 28.9 Å². The summed E-state index contributed by atoms with van der Waals surface area (Å²) in [4.78, 5) is 0. The van der Waals surface area contributed by atoms with Crippen LogP contribution in [0.25, 0.3) is 0 Å². The van der Waals surface area contributed by atoms with Gasteiger partial charge >= 0.3 is 0 Å². The van der Waals surface area contributed by atoms with Crippen LogP contribution in [0.4, 0.5) is 0 Å². The summed E-state index contributed by atoms with van der Waals surface area (Å²) in [6.45, 7) is 2.04. The summed E-state index contributed by atoms with van der Waals surface area (Å²) in [6.07, 6.45) is 0. The molecule has 0 amide bonds. The highest BCUT2D eigenvalue weighted by atomic mass is 79.9. The Bertz CT molecular complexity index is 584. The topological polar surface area (TPSA) is 26.0 Å². The van der Waals surface area contributed by atoms with Crippen LogP contribution in [0.2, 0.25) is 10.0 Å². The van der Waals surface area contributed by atoms with E-state index < -0.39 is 0 Å². The van der Waals surface area contributed by atoms with Crippen LogP contribution in [0.15, 0.2) is 40.9 Å². The van der Waals surface area contributed by atoms with Gasteiger partial charge in [0.05, 0.1) is 6.04 Å². The Hall–Kier alpha value is -0.540. The fourth-order valence-electron chi connectivity index (χ4n) is 1.74. The first-order chi connectivity index (χ1) is 8.49. The van der Waals surface area contributed by atoms with Gasteiger partial charge in [0.1, 0.15) is 0 Å². The van der Waals surface area contributed by atoms with Crippen molar-refractivity contribution < 1.29 is 0 Å². The Morgan fingerprint density at radius 1 is 1.11 bits per heavy atom. The van der Waals surface area contributed by atoms with Gasteiger partial charge in [0.2, 0.25) is 0 Å². The Kier molecular flexibility index (Phi) is 4.33. The highest BCUT2D eigenvalue weighted by Gasteiger charge is 2.13. The lowest BCUT2D eigenvalue weighted by atomic mass is 9.99. The van der Waals surface area contributed by atoms with E-state index in [0.717, 1.165) is 15.6 Å². The fourth-order valence-corrected chi connectivity index (χ4v) is 2.66. The van der Waals surface area contributed by atoms with E-state index in [9.17, 15) is 0 Å². The minimum atomic E-state index is -0.258. The Balaban J connectivity index is 2.41. The first-order valence-corrected chi connectivity index (χ1v) is 7.00. The molecule has 0 bridgehead atoms. The van der Waals surface area contributed by atoms with Gasteiger partial charge in [0.15, 0.2) is 0 Å². The summed E-state index contributed by atoms with van der Waals surface area (Å²) in [7, 11) is 0. The van der Waals surface area contributed by atoms with Crippen molar-refractivity contribution >= 4 is 39.1 Å². The second-order valence-corrected chi connectivity index (χ2v) is 5.85. The number of halogens is 3. The Morgan fingerprint density at radius 2 is 1.83 bits per heavy atom. The molecule has 2 aromatic carbocycles. The highest BCUT2D eigenvalue weighted by Crippen LogP contribution is 2.30. The van der Waals surface area contributed by atoms with Crippen molar-refractivity contribution in [1.82, 2.24) is 0 Å². The zero-order valence-electron chi connectivity index (χ0n) is 9.75. The summed E-state index contributed by atoms with van der Waals surface area (Å²) >= 11 is 15.6. The molecule has 94 valence electrons. The predicted octanol–water partition coefficient (Wildman–Crippen LogP) is 5.11. The molecular weight excluding hydrogens is 333 g/mol. The molecule has 0 aliphatic rings. The molecule has 0 fully saturated rings. The lowest BCUT2D eigenvalue weighted by Crippen LogP contribution is -2.12. The van der Waals surface area contributed by atoms with Crippen LogP contribution < -0.4 is 5.73 Å². The molecule has 1 atom stereocenters. The van der Waals surface area contributed by atoms with E-state index in [1.807, 2.05) is 31.2 Å². The molecule has 0 aromatic heterocycles. The molecule has 0 aliphatic carbocycles. The smallest absolute Gasteiger partial charge is 0.0566 e. The van der Waals surface area contributed by atoms with E-state index in [-0.39, 0.29) is 6.04 Å². The van der Waals surface area contributed by atoms with Crippen LogP contribution in [0.1, 0.15) is 22.7 Å². The second-order valence-electron chi connectivity index (χ2n) is 4.15. The molecule has 0 saturated carbocycles. The van der Waals surface area contributed by atoms with Gasteiger partial charge in [0, 0.05) is 14.5 Å². The minimum absolute atomic E-state index is 0.258. The summed E-state index contributed by atoms with van der Waals surface area (Å²) in [5.74, 6) is 0. The fraction of sp³-hybridized carbons (Fsp3) is 0.143. The number of rotatable bonds is 2. The molecule has 2 aromatic rings. The van der Waals surface area contributed by atoms with Gasteiger partial charge in [0.25, 0.3) is 0 Å². The highest BCUT2D eigenvalue weighted by molar-refractivity contribution is 9.10. The van der Waals surface area contributed by atoms with Gasteiger partial charge in [-0.1, -0.05) is 57.3 Å². The lowest BCUT2D eigenvalue weighted by molar-refractivity contribution is 0.870. The zero-order chi connectivity index (χ0) is 13.3. The average Bonchev–Trinajstić information content (AvgIpc) is 2.32. The van der Waals surface area contributed by atoms with Crippen molar-refractivity contribution in [1.29, 1.82) is 0 Å². The molecule has 4 heteroatoms. The average molecular weight is 345 g/mol. The lowest BCUT2D eigenvalue weighted by Gasteiger charge is -2.15. The summed E-state index contributed by atoms with van der Waals surface area (Å²) < 4.78 is 1.04. The van der Waals surface area contributed by atoms with Gasteiger partial charge in [-0.25, -0.2) is 0 Å². The standard InChI is InChI=1S/C14H12BrCl2N/c1-8-2-3-9(6-12(8)15)14(18)11-5-4-10(16)7-13(11)17/h2-7,14H,18H2,1H3. The molecule has 18 heavy (non-hydrogen) atoms. The quantitative estimate of drug-likeness (QED) is 0.804. The van der Waals surface area contributed by atoms with Crippen LogP contribution in [0.5, 0.6) is 0 Å². The first-order valence-electron chi connectivity index (χ1n) is 5.45. The zero-order valence-corrected chi connectivity index (χ0v) is 12.9. The van der Waals surface area contributed by atoms with Crippen LogP contribution in [-0.4, -0.2) is 0 Å². The van der Waals surface area contributed by atoms with Gasteiger partial charge in [-0.3, -0.25) is 0 Å². The maximum absolute atomic E-state index is 6.24. The molecular formula is C14H12BrCl2N. The third-order valence-electron chi connectivity index (χ3n) is 2.85. The van der Waals surface area contributed by atoms with Crippen molar-refractivity contribution in [3.63, 3.8) is 0 Å². The Labute approximate surface area is 125 Å². The number of hydrogen-bond donors (Lipinski definition) is 1. The third-order valence-corrected chi connectivity index (χ3v) is 4.27. The van der Waals surface area contributed by atoms with Crippen LogP contribution >= 0.6 is 39.1 Å². The van der Waals surface area contributed by atoms with E-state index in [1.165, 1.54) is 5.56 Å². The van der Waals surface area contributed by atoms with E-state index >= 15 is 0 Å². The maximum atomic E-state index is 6.24. The number of benzene rings is 2. The first kappa shape index (κ1) is 13.9. The van der Waals surface area contributed by atoms with Gasteiger partial charge < -0.3 is 5.73 Å². The van der Waals surface area contributed by atoms with Gasteiger partial charge in [-0.05, 0) is 41.8 Å². The number of nitrogens with two attached hydrogens (primary N) is 1. The van der Waals surface area contributed by atoms with Crippen molar-refractivity contribution in [3.05, 3.63) is 67.6 Å². The molecule has 0 radical (unpaired) electrons. The molecule has 0 spiro atoms. The van der Waals surface area contributed by atoms with Gasteiger partial charge in [-0.15, -0.1) is 0 Å². The van der Waals surface area contributed by atoms with Crippen molar-refractivity contribution in [2.24, 2.45) is 5.73 Å². The molecule has 0 saturated heterocycles. The van der Waals surface area contributed by atoms with Crippen LogP contribution in [0.3, 0.4) is 0 Å². The normalized spacial score (nSPS) is 12.5. The Morgan fingerprint density at radius 3 is 2.44 bits per heavy atom. The molecule has 2 rings (SSSR count). The van der Waals surface area contributed by atoms with E-state index in [2.05, 4.69) is 15.9 Å². The van der Waals surface area contributed by atoms with E-state index in [1.54, 1.807) is 12.1 Å². The predicted molar refractivity (Wildman–Crippen MR) is 81.4 cm³/mol. The monoisotopic (exact) mass is 343 g/mol. The van der Waals surface area contributed by atoms with Crippen molar-refractivity contribution in [2.45, 2.75) is 13.0 Å². The van der Waals surface area contributed by atoms with Crippen molar-refractivity contribution in [2.75, 3.05) is 0 Å². The maximum Gasteiger partial charge on any atom is 0.0566 e. The van der Waals surface area contributed by atoms with Crippen LogP contribution in [-0.2, 0) is 0 Å². The number of aryl methyl sites for hydroxylation is 1. The largest absolute Gasteiger partial charge is 0.320 e. The molecule has 0 aliphatic heterocycles. The minimum Gasteiger partial charge on any atom is -0.320 e. The summed E-state index contributed by atoms with van der Waals surface area (Å²) in [6, 6.07) is 11.2. The molecule has 1 nitrogen and oxygen atoms in total. The third kappa shape index (κ3) is 2.89. The summed E-state index contributed by atoms with van der Waals surface area (Å²) in [5, 5.41) is 1.20. The van der Waals surface area contributed by atoms with Gasteiger partial charge in [-0.2, -0.15) is 0 Å². The molecule has 0 heterocycles. The molecule has 2 N–H and O–H groups in total. The van der Waals surface area contributed by atoms with Crippen LogP contribution in [0, 0.1) is 6.92 Å². The number of hydrogen-bond acceptors (Lipinski definition) is 1. The van der Waals surface area contributed by atoms with Crippen molar-refractivity contribution in [3.8, 4) is 0 Å². The molecule has 1 unspecified atom stereocenters. The second kappa shape index (κ2) is 5.62. The summed E-state index contributed by atoms with van der Waals surface area (Å²) in [5.41, 5.74) is 9.29. The van der Waals surface area contributed by atoms with E-state index in [0.29, 0.717) is 10.0 Å².